The molecule has 1 saturated heterocycles. The van der Waals surface area contributed by atoms with E-state index in [9.17, 15) is 22.8 Å². The van der Waals surface area contributed by atoms with Gasteiger partial charge in [-0.3, -0.25) is 14.6 Å². The third-order valence-electron chi connectivity index (χ3n) is 7.66. The van der Waals surface area contributed by atoms with Gasteiger partial charge in [0.1, 0.15) is 17.9 Å². The van der Waals surface area contributed by atoms with Crippen molar-refractivity contribution in [2.45, 2.75) is 57.9 Å². The summed E-state index contributed by atoms with van der Waals surface area (Å²) in [4.78, 5) is 40.0. The molecule has 0 radical (unpaired) electrons. The highest BCUT2D eigenvalue weighted by Gasteiger charge is 2.48. The highest BCUT2D eigenvalue weighted by atomic mass is 32.2. The van der Waals surface area contributed by atoms with Crippen molar-refractivity contribution in [2.75, 3.05) is 25.0 Å². The molecule has 0 bridgehead atoms. The molecular weight excluding hydrogens is 510 g/mol. The van der Waals surface area contributed by atoms with Crippen LogP contribution in [0.2, 0.25) is 0 Å². The lowest BCUT2D eigenvalue weighted by molar-refractivity contribution is -0.135. The van der Waals surface area contributed by atoms with Gasteiger partial charge < -0.3 is 21.1 Å². The number of nitrogens with one attached hydrogen (secondary N) is 3. The topological polar surface area (TPSA) is 157 Å². The number of amides is 3. The molecule has 2 heterocycles. The van der Waals surface area contributed by atoms with Gasteiger partial charge in [-0.25, -0.2) is 13.2 Å². The molecule has 1 aromatic carbocycles. The Kier molecular flexibility index (Phi) is 8.22. The minimum atomic E-state index is -3.71. The quantitative estimate of drug-likeness (QED) is 0.413. The van der Waals surface area contributed by atoms with Crippen LogP contribution in [-0.2, 0) is 19.6 Å². The van der Waals surface area contributed by atoms with Crippen LogP contribution in [0.15, 0.2) is 28.6 Å². The van der Waals surface area contributed by atoms with Crippen LogP contribution < -0.4 is 16.0 Å². The number of carboxylic acid groups (broad SMARTS) is 1. The maximum absolute atomic E-state index is 13.0. The summed E-state index contributed by atoms with van der Waals surface area (Å²) in [5.41, 5.74) is 0.963. The summed E-state index contributed by atoms with van der Waals surface area (Å²) in [6, 6.07) is 4.29. The number of anilines is 1. The number of hydrogen-bond donors (Lipinski definition) is 4. The fourth-order valence-corrected chi connectivity index (χ4v) is 6.42. The number of urea groups is 1. The lowest BCUT2D eigenvalue weighted by Crippen LogP contribution is -2.50. The minimum absolute atomic E-state index is 0.111. The van der Waals surface area contributed by atoms with Gasteiger partial charge in [-0.1, -0.05) is 25.8 Å². The first-order valence-electron chi connectivity index (χ1n) is 12.9. The summed E-state index contributed by atoms with van der Waals surface area (Å²) in [5, 5.41) is 17.5. The number of benzene rings is 1. The summed E-state index contributed by atoms with van der Waals surface area (Å²) in [6.07, 6.45) is 6.51. The van der Waals surface area contributed by atoms with E-state index in [1.54, 1.807) is 25.1 Å². The number of aliphatic carboxylic acids is 1. The molecule has 11 nitrogen and oxygen atoms in total. The normalized spacial score (nSPS) is 23.7. The molecule has 2 aliphatic heterocycles. The Morgan fingerprint density at radius 3 is 2.53 bits per heavy atom. The van der Waals surface area contributed by atoms with E-state index in [-0.39, 0.29) is 24.9 Å². The second-order valence-electron chi connectivity index (χ2n) is 10.5. The van der Waals surface area contributed by atoms with Crippen molar-refractivity contribution in [1.29, 1.82) is 0 Å². The van der Waals surface area contributed by atoms with E-state index < -0.39 is 34.1 Å². The van der Waals surface area contributed by atoms with Crippen LogP contribution in [0.5, 0.6) is 0 Å². The van der Waals surface area contributed by atoms with E-state index in [1.165, 1.54) is 10.4 Å². The average molecular weight is 546 g/mol. The molecule has 0 unspecified atom stereocenters. The summed E-state index contributed by atoms with van der Waals surface area (Å²) in [6.45, 7) is 3.95. The number of piperidine rings is 1. The Morgan fingerprint density at radius 1 is 1.21 bits per heavy atom. The first kappa shape index (κ1) is 27.8. The largest absolute Gasteiger partial charge is 0.480 e. The molecule has 0 aromatic heterocycles. The van der Waals surface area contributed by atoms with E-state index in [4.69, 9.17) is 10.1 Å². The van der Waals surface area contributed by atoms with Gasteiger partial charge in [-0.05, 0) is 67.9 Å². The van der Waals surface area contributed by atoms with Crippen LogP contribution >= 0.6 is 0 Å². The van der Waals surface area contributed by atoms with Crippen molar-refractivity contribution < 1.29 is 27.9 Å². The first-order chi connectivity index (χ1) is 18.0. The van der Waals surface area contributed by atoms with Crippen LogP contribution in [-0.4, -0.2) is 66.7 Å². The SMILES string of the molecule is Cc1cc(NC(=O)NCC(=O)O)ccc1/C=C/S(=O)(=O)N1CCC2(CC1)N=C(C1CCC(C)CC1)NC2=O. The Hall–Kier alpha value is -3.25. The van der Waals surface area contributed by atoms with Crippen LogP contribution in [0, 0.1) is 18.8 Å². The van der Waals surface area contributed by atoms with E-state index in [2.05, 4.69) is 22.9 Å². The zero-order chi connectivity index (χ0) is 27.5. The number of aliphatic imine (C=N–C) groups is 1. The lowest BCUT2D eigenvalue weighted by Gasteiger charge is -2.34. The molecule has 38 heavy (non-hydrogen) atoms. The van der Waals surface area contributed by atoms with Gasteiger partial charge >= 0.3 is 12.0 Å². The van der Waals surface area contributed by atoms with Gasteiger partial charge in [0.15, 0.2) is 0 Å². The van der Waals surface area contributed by atoms with Crippen molar-refractivity contribution >= 4 is 45.5 Å². The molecule has 1 saturated carbocycles. The first-order valence-corrected chi connectivity index (χ1v) is 14.4. The number of carbonyl (C=O) groups excluding carboxylic acids is 2. The fourth-order valence-electron chi connectivity index (χ4n) is 5.24. The van der Waals surface area contributed by atoms with Crippen LogP contribution in [0.25, 0.3) is 6.08 Å². The predicted octanol–water partition coefficient (Wildman–Crippen LogP) is 2.69. The van der Waals surface area contributed by atoms with Crippen LogP contribution in [0.3, 0.4) is 0 Å². The molecule has 206 valence electrons. The number of nitrogens with zero attached hydrogens (tertiary/aromatic N) is 2. The Labute approximate surface area is 222 Å². The second-order valence-corrected chi connectivity index (χ2v) is 12.3. The van der Waals surface area contributed by atoms with Gasteiger partial charge in [0, 0.05) is 30.1 Å². The molecule has 0 atom stereocenters. The van der Waals surface area contributed by atoms with Gasteiger partial charge in [-0.2, -0.15) is 4.31 Å². The second kappa shape index (κ2) is 11.2. The zero-order valence-corrected chi connectivity index (χ0v) is 22.5. The standard InChI is InChI=1S/C26H35N5O6S/c1-17-3-5-20(6-4-17)23-29-24(34)26(30-23)10-12-31(13-11-26)38(36,37)14-9-19-7-8-21(15-18(19)2)28-25(35)27-16-22(32)33/h7-9,14-15,17,20H,3-6,10-13,16H2,1-2H3,(H,32,33)(H2,27,28,35)(H,29,30,34)/b14-9+. The van der Waals surface area contributed by atoms with Gasteiger partial charge in [0.2, 0.25) is 10.0 Å². The molecule has 12 heteroatoms. The average Bonchev–Trinajstić information content (AvgIpc) is 3.18. The highest BCUT2D eigenvalue weighted by Crippen LogP contribution is 2.36. The van der Waals surface area contributed by atoms with E-state index in [1.807, 2.05) is 0 Å². The Morgan fingerprint density at radius 2 is 1.89 bits per heavy atom. The third-order valence-corrected chi connectivity index (χ3v) is 9.22. The van der Waals surface area contributed by atoms with Crippen LogP contribution in [0.4, 0.5) is 10.5 Å². The lowest BCUT2D eigenvalue weighted by atomic mass is 9.82. The van der Waals surface area contributed by atoms with Gasteiger partial charge in [0.05, 0.1) is 0 Å². The number of amidine groups is 1. The highest BCUT2D eigenvalue weighted by molar-refractivity contribution is 7.92. The number of rotatable bonds is 7. The Balaban J connectivity index is 1.35. The number of aryl methyl sites for hydroxylation is 1. The van der Waals surface area contributed by atoms with Gasteiger partial charge in [-0.15, -0.1) is 0 Å². The maximum atomic E-state index is 13.0. The number of sulfonamides is 1. The molecule has 1 aromatic rings. The molecule has 3 aliphatic rings. The smallest absolute Gasteiger partial charge is 0.323 e. The number of hydrogen-bond acceptors (Lipinski definition) is 6. The van der Waals surface area contributed by atoms with E-state index in [0.29, 0.717) is 30.0 Å². The van der Waals surface area contributed by atoms with Crippen molar-refractivity contribution in [2.24, 2.45) is 16.8 Å². The Bertz CT molecular complexity index is 1260. The van der Waals surface area contributed by atoms with Gasteiger partial charge in [0.25, 0.3) is 5.91 Å². The molecule has 4 N–H and O–H groups in total. The van der Waals surface area contributed by atoms with Crippen molar-refractivity contribution in [3.05, 3.63) is 34.7 Å². The number of carbonyl (C=O) groups is 3. The maximum Gasteiger partial charge on any atom is 0.323 e. The summed E-state index contributed by atoms with van der Waals surface area (Å²) < 4.78 is 27.4. The molecule has 1 aliphatic carbocycles. The fraction of sp³-hybridized carbons (Fsp3) is 0.538. The summed E-state index contributed by atoms with van der Waals surface area (Å²) in [5.74, 6) is 0.503. The molecule has 1 spiro atoms. The molecule has 3 amide bonds. The monoisotopic (exact) mass is 545 g/mol. The molecule has 4 rings (SSSR count). The molecular formula is C26H35N5O6S. The summed E-state index contributed by atoms with van der Waals surface area (Å²) in [7, 11) is -3.71. The third kappa shape index (κ3) is 6.41. The van der Waals surface area contributed by atoms with Crippen molar-refractivity contribution in [3.8, 4) is 0 Å². The van der Waals surface area contributed by atoms with E-state index >= 15 is 0 Å². The molecule has 2 fully saturated rings. The minimum Gasteiger partial charge on any atom is -0.480 e. The predicted molar refractivity (Wildman–Crippen MR) is 144 cm³/mol. The van der Waals surface area contributed by atoms with Crippen molar-refractivity contribution in [3.63, 3.8) is 0 Å². The summed E-state index contributed by atoms with van der Waals surface area (Å²) >= 11 is 0. The van der Waals surface area contributed by atoms with Crippen LogP contribution in [0.1, 0.15) is 56.6 Å². The zero-order valence-electron chi connectivity index (χ0n) is 21.7. The van der Waals surface area contributed by atoms with Crippen molar-refractivity contribution in [1.82, 2.24) is 14.9 Å². The number of carboxylic acids is 1. The van der Waals surface area contributed by atoms with E-state index in [0.717, 1.165) is 42.5 Å².